The fourth-order valence-electron chi connectivity index (χ4n) is 3.52. The lowest BCUT2D eigenvalue weighted by Gasteiger charge is -2.22. The van der Waals surface area contributed by atoms with E-state index >= 15 is 0 Å². The predicted molar refractivity (Wildman–Crippen MR) is 151 cm³/mol. The van der Waals surface area contributed by atoms with Crippen LogP contribution in [0.1, 0.15) is 29.2 Å². The highest BCUT2D eigenvalue weighted by Crippen LogP contribution is 2.33. The topological polar surface area (TPSA) is 133 Å². The number of aromatic nitrogens is 2. The molecule has 0 saturated heterocycles. The van der Waals surface area contributed by atoms with Crippen LogP contribution in [0.15, 0.2) is 96.4 Å². The minimum atomic E-state index is -4.86. The van der Waals surface area contributed by atoms with Gasteiger partial charge < -0.3 is 10.4 Å². The summed E-state index contributed by atoms with van der Waals surface area (Å²) in [5.41, 5.74) is -2.56. The summed E-state index contributed by atoms with van der Waals surface area (Å²) in [4.78, 5) is 19.9. The first-order chi connectivity index (χ1) is 20.2. The summed E-state index contributed by atoms with van der Waals surface area (Å²) in [5.74, 6) is -3.06. The van der Waals surface area contributed by atoms with Crippen LogP contribution in [0, 0.1) is 17.1 Å². The summed E-state index contributed by atoms with van der Waals surface area (Å²) in [6, 6.07) is 15.3. The van der Waals surface area contributed by atoms with E-state index in [0.29, 0.717) is 6.07 Å². The van der Waals surface area contributed by atoms with Gasteiger partial charge in [-0.05, 0) is 84.8 Å². The summed E-state index contributed by atoms with van der Waals surface area (Å²) < 4.78 is 76.6. The standard InChI is InChI=1S/C18H14F4N2O4S.C12H10N2/c1-17(26,10-29(27,28)14-6-3-12(19)4-7-14)16(25)24-13-5-2-11(9-23)15(8-13)18(20,21)22;1(11-3-7-13-8-4-11)2-12-5-9-14-10-6-12/h2-8,26H,10H2,1H3,(H,24,25);1-10H/b;2-1+/t17-;/m1./s1. The molecule has 0 fully saturated rings. The Balaban J connectivity index is 0.000000299. The van der Waals surface area contributed by atoms with Crippen LogP contribution < -0.4 is 5.32 Å². The molecule has 43 heavy (non-hydrogen) atoms. The summed E-state index contributed by atoms with van der Waals surface area (Å²) in [5, 5.41) is 21.1. The maximum atomic E-state index is 13.0. The van der Waals surface area contributed by atoms with Gasteiger partial charge in [-0.3, -0.25) is 14.8 Å². The van der Waals surface area contributed by atoms with Crippen molar-refractivity contribution in [2.75, 3.05) is 11.1 Å². The van der Waals surface area contributed by atoms with Crippen LogP contribution >= 0.6 is 0 Å². The van der Waals surface area contributed by atoms with E-state index in [9.17, 15) is 35.9 Å². The zero-order valence-electron chi connectivity index (χ0n) is 22.5. The van der Waals surface area contributed by atoms with Gasteiger partial charge in [0.25, 0.3) is 5.91 Å². The van der Waals surface area contributed by atoms with Crippen LogP contribution in [-0.2, 0) is 20.8 Å². The first kappa shape index (κ1) is 32.6. The van der Waals surface area contributed by atoms with Crippen molar-refractivity contribution in [1.29, 1.82) is 5.26 Å². The van der Waals surface area contributed by atoms with E-state index in [-0.39, 0.29) is 10.6 Å². The number of aliphatic hydroxyl groups is 1. The maximum Gasteiger partial charge on any atom is 0.417 e. The van der Waals surface area contributed by atoms with E-state index < -0.39 is 50.2 Å². The molecule has 0 aliphatic rings. The number of sulfone groups is 1. The fourth-order valence-corrected chi connectivity index (χ4v) is 5.11. The van der Waals surface area contributed by atoms with Gasteiger partial charge in [-0.25, -0.2) is 12.8 Å². The molecular formula is C30H24F4N4O4S. The lowest BCUT2D eigenvalue weighted by molar-refractivity contribution is -0.137. The van der Waals surface area contributed by atoms with Gasteiger partial charge in [-0.15, -0.1) is 0 Å². The van der Waals surface area contributed by atoms with Crippen LogP contribution in [0.3, 0.4) is 0 Å². The Morgan fingerprint density at radius 1 is 0.930 bits per heavy atom. The first-order valence-corrected chi connectivity index (χ1v) is 14.0. The number of nitrogens with one attached hydrogen (secondary N) is 1. The van der Waals surface area contributed by atoms with Crippen molar-refractivity contribution in [3.63, 3.8) is 0 Å². The number of benzene rings is 2. The molecule has 1 amide bonds. The molecule has 0 spiro atoms. The second kappa shape index (κ2) is 13.8. The van der Waals surface area contributed by atoms with E-state index in [4.69, 9.17) is 5.26 Å². The zero-order valence-corrected chi connectivity index (χ0v) is 23.3. The van der Waals surface area contributed by atoms with Crippen molar-refractivity contribution < 1.29 is 35.9 Å². The lowest BCUT2D eigenvalue weighted by atomic mass is 10.1. The molecule has 0 aliphatic heterocycles. The largest absolute Gasteiger partial charge is 0.417 e. The maximum absolute atomic E-state index is 13.0. The molecule has 0 aliphatic carbocycles. The number of halogens is 4. The van der Waals surface area contributed by atoms with Crippen molar-refractivity contribution in [3.8, 4) is 6.07 Å². The number of anilines is 1. The molecule has 2 aromatic carbocycles. The zero-order chi connectivity index (χ0) is 31.7. The molecule has 0 radical (unpaired) electrons. The van der Waals surface area contributed by atoms with E-state index in [1.807, 2.05) is 29.6 Å². The fraction of sp³-hybridized carbons (Fsp3) is 0.133. The van der Waals surface area contributed by atoms with Gasteiger partial charge in [0.15, 0.2) is 15.4 Å². The molecule has 0 saturated carbocycles. The molecule has 222 valence electrons. The number of alkyl halides is 3. The first-order valence-electron chi connectivity index (χ1n) is 12.3. The van der Waals surface area contributed by atoms with Gasteiger partial charge in [-0.1, -0.05) is 12.2 Å². The van der Waals surface area contributed by atoms with Crippen molar-refractivity contribution in [1.82, 2.24) is 9.97 Å². The molecule has 4 rings (SSSR count). The smallest absolute Gasteiger partial charge is 0.379 e. The third kappa shape index (κ3) is 9.56. The van der Waals surface area contributed by atoms with Gasteiger partial charge in [-0.2, -0.15) is 18.4 Å². The third-order valence-electron chi connectivity index (χ3n) is 5.72. The average molecular weight is 613 g/mol. The van der Waals surface area contributed by atoms with Gasteiger partial charge in [0.1, 0.15) is 5.82 Å². The Bertz CT molecular complexity index is 1680. The molecule has 2 aromatic heterocycles. The van der Waals surface area contributed by atoms with E-state index in [0.717, 1.165) is 54.4 Å². The summed E-state index contributed by atoms with van der Waals surface area (Å²) >= 11 is 0. The average Bonchev–Trinajstić information content (AvgIpc) is 2.97. The highest BCUT2D eigenvalue weighted by atomic mass is 32.2. The quantitative estimate of drug-likeness (QED) is 0.207. The Kier molecular flexibility index (Phi) is 10.5. The van der Waals surface area contributed by atoms with Crippen molar-refractivity contribution in [2.45, 2.75) is 23.6 Å². The van der Waals surface area contributed by atoms with E-state index in [2.05, 4.69) is 22.1 Å². The third-order valence-corrected chi connectivity index (χ3v) is 7.65. The van der Waals surface area contributed by atoms with Gasteiger partial charge in [0, 0.05) is 30.5 Å². The van der Waals surface area contributed by atoms with E-state index in [1.165, 1.54) is 6.07 Å². The number of hydrogen-bond acceptors (Lipinski definition) is 7. The van der Waals surface area contributed by atoms with Crippen LogP contribution in [0.2, 0.25) is 0 Å². The molecule has 0 unspecified atom stereocenters. The monoisotopic (exact) mass is 612 g/mol. The van der Waals surface area contributed by atoms with Crippen molar-refractivity contribution in [3.05, 3.63) is 120 Å². The molecule has 0 bridgehead atoms. The van der Waals surface area contributed by atoms with Crippen LogP contribution in [-0.4, -0.2) is 40.8 Å². The second-order valence-corrected chi connectivity index (χ2v) is 11.2. The predicted octanol–water partition coefficient (Wildman–Crippen LogP) is 5.53. The SMILES string of the molecule is C(=C\c1ccncc1)/c1ccncc1.C[C@@](O)(CS(=O)(=O)c1ccc(F)cc1)C(=O)Nc1ccc(C#N)c(C(F)(F)F)c1. The number of nitrogens with zero attached hydrogens (tertiary/aromatic N) is 3. The summed E-state index contributed by atoms with van der Waals surface area (Å²) in [6.07, 6.45) is 6.38. The second-order valence-electron chi connectivity index (χ2n) is 9.21. The van der Waals surface area contributed by atoms with Crippen molar-refractivity contribution >= 4 is 33.6 Å². The molecule has 8 nitrogen and oxygen atoms in total. The minimum absolute atomic E-state index is 0.343. The number of carbonyl (C=O) groups excluding carboxylic acids is 1. The minimum Gasteiger partial charge on any atom is -0.379 e. The van der Waals surface area contributed by atoms with Gasteiger partial charge >= 0.3 is 6.18 Å². The number of nitriles is 1. The number of rotatable bonds is 7. The molecule has 4 aromatic rings. The Labute approximate surface area is 244 Å². The number of hydrogen-bond donors (Lipinski definition) is 2. The number of pyridine rings is 2. The summed E-state index contributed by atoms with van der Waals surface area (Å²) in [6.45, 7) is 0.873. The highest BCUT2D eigenvalue weighted by Gasteiger charge is 2.38. The molecular weight excluding hydrogens is 588 g/mol. The number of carbonyl (C=O) groups is 1. The van der Waals surface area contributed by atoms with Crippen LogP contribution in [0.25, 0.3) is 12.2 Å². The lowest BCUT2D eigenvalue weighted by Crippen LogP contribution is -2.45. The van der Waals surface area contributed by atoms with Crippen molar-refractivity contribution in [2.24, 2.45) is 0 Å². The Morgan fingerprint density at radius 2 is 1.44 bits per heavy atom. The van der Waals surface area contributed by atoms with Gasteiger partial charge in [0.2, 0.25) is 0 Å². The molecule has 1 atom stereocenters. The molecule has 13 heteroatoms. The molecule has 2 N–H and O–H groups in total. The number of amides is 1. The van der Waals surface area contributed by atoms with Crippen LogP contribution in [0.4, 0.5) is 23.2 Å². The highest BCUT2D eigenvalue weighted by molar-refractivity contribution is 7.91. The van der Waals surface area contributed by atoms with E-state index in [1.54, 1.807) is 24.8 Å². The molecule has 2 heterocycles. The normalized spacial score (nSPS) is 12.9. The van der Waals surface area contributed by atoms with Gasteiger partial charge in [0.05, 0.1) is 27.8 Å². The Hall–Kier alpha value is -4.93. The van der Waals surface area contributed by atoms with Crippen LogP contribution in [0.5, 0.6) is 0 Å². The Morgan fingerprint density at radius 3 is 1.91 bits per heavy atom. The summed E-state index contributed by atoms with van der Waals surface area (Å²) in [7, 11) is -4.21.